The largest absolute Gasteiger partial charge is 0.298 e. The van der Waals surface area contributed by atoms with Crippen LogP contribution in [-0.2, 0) is 46.1 Å². The topological polar surface area (TPSA) is 93.7 Å². The normalized spacial score (nSPS) is 11.9. The summed E-state index contributed by atoms with van der Waals surface area (Å²) >= 11 is 0. The van der Waals surface area contributed by atoms with E-state index in [1.165, 1.54) is 116 Å². The van der Waals surface area contributed by atoms with Crippen LogP contribution in [-0.4, -0.2) is 42.3 Å². The van der Waals surface area contributed by atoms with Crippen LogP contribution in [0, 0.1) is 48.5 Å². The molecule has 14 heteroatoms. The van der Waals surface area contributed by atoms with Crippen LogP contribution in [0.1, 0.15) is 92.1 Å². The number of hydrogen-bond donors (Lipinski definition) is 0. The maximum Gasteiger partial charge on any atom is 0.298 e. The Morgan fingerprint density at radius 2 is 1.05 bits per heavy atom. The highest BCUT2D eigenvalue weighted by atomic mass is 15.3. The highest BCUT2D eigenvalue weighted by Gasteiger charge is 2.32. The molecule has 0 bridgehead atoms. The Balaban J connectivity index is 0.000000109. The van der Waals surface area contributed by atoms with Gasteiger partial charge < -0.3 is 0 Å². The maximum absolute atomic E-state index is 5.05. The summed E-state index contributed by atoms with van der Waals surface area (Å²) in [5.74, 6) is 2.08. The zero-order valence-corrected chi connectivity index (χ0v) is 58.3. The van der Waals surface area contributed by atoms with Crippen LogP contribution in [0.3, 0.4) is 0 Å². The molecule has 17 rings (SSSR count). The van der Waals surface area contributed by atoms with Crippen molar-refractivity contribution >= 4 is 93.5 Å². The van der Waals surface area contributed by atoms with Gasteiger partial charge in [-0.25, -0.2) is 37.0 Å². The van der Waals surface area contributed by atoms with Gasteiger partial charge >= 0.3 is 0 Å². The Morgan fingerprint density at radius 3 is 1.76 bits per heavy atom. The second-order valence-electron chi connectivity index (χ2n) is 27.6. The smallest absolute Gasteiger partial charge is 0.256 e. The Morgan fingerprint density at radius 1 is 0.453 bits per heavy atom. The third-order valence-corrected chi connectivity index (χ3v) is 19.0. The van der Waals surface area contributed by atoms with Gasteiger partial charge in [0.25, 0.3) is 34.6 Å². The zero-order valence-electron chi connectivity index (χ0n) is 58.3. The SMILES string of the molecule is Cc1cccc2c(C(C)(C)C)cn3c(C)c(C)[n+](C)c3c12.Cc1cccc2cc[n+]3cnn(C)c3c12.Cc1cccc2nc(-c3ccccc3)n3cc[n+](C)c3c12.Cc1cccc2nc(C(C)(C)C)n3c4ccccc4[n+](C)c3c12.Cc1ccnc2ccn3cc[n+](C)c3c12. The van der Waals surface area contributed by atoms with Gasteiger partial charge in [-0.2, -0.15) is 13.2 Å². The molecular formula is C81H87N14+5. The lowest BCUT2D eigenvalue weighted by molar-refractivity contribution is -0.650. The van der Waals surface area contributed by atoms with Crippen molar-refractivity contribution in [2.45, 2.75) is 101 Å². The molecule has 0 radical (unpaired) electrons. The fourth-order valence-corrected chi connectivity index (χ4v) is 14.0. The quantitative estimate of drug-likeness (QED) is 0.153. The molecule has 0 fully saturated rings. The van der Waals surface area contributed by atoms with Crippen molar-refractivity contribution in [1.82, 2.24) is 42.3 Å². The number of pyridine rings is 4. The first-order chi connectivity index (χ1) is 45.4. The van der Waals surface area contributed by atoms with Gasteiger partial charge in [-0.05, 0) is 127 Å². The van der Waals surface area contributed by atoms with E-state index in [9.17, 15) is 0 Å². The first-order valence-corrected chi connectivity index (χ1v) is 32.7. The molecule has 6 aromatic carbocycles. The van der Waals surface area contributed by atoms with Crippen LogP contribution < -0.4 is 22.7 Å². The van der Waals surface area contributed by atoms with Crippen LogP contribution in [0.2, 0.25) is 0 Å². The van der Waals surface area contributed by atoms with E-state index < -0.39 is 0 Å². The molecule has 14 nitrogen and oxygen atoms in total. The van der Waals surface area contributed by atoms with Gasteiger partial charge in [0.1, 0.15) is 42.4 Å². The molecule has 0 N–H and O–H groups in total. The van der Waals surface area contributed by atoms with E-state index in [1.807, 2.05) is 54.8 Å². The molecule has 0 amide bonds. The third kappa shape index (κ3) is 11.0. The molecule has 11 heterocycles. The summed E-state index contributed by atoms with van der Waals surface area (Å²) in [4.78, 5) is 14.3. The van der Waals surface area contributed by atoms with Crippen LogP contribution >= 0.6 is 0 Å². The van der Waals surface area contributed by atoms with Crippen LogP contribution in [0.4, 0.5) is 0 Å². The van der Waals surface area contributed by atoms with Crippen LogP contribution in [0.25, 0.3) is 105 Å². The second kappa shape index (κ2) is 24.3. The lowest BCUT2D eigenvalue weighted by atomic mass is 9.84. The first-order valence-electron chi connectivity index (χ1n) is 32.7. The van der Waals surface area contributed by atoms with Gasteiger partial charge in [-0.1, -0.05) is 133 Å². The predicted octanol–water partition coefficient (Wildman–Crippen LogP) is 14.7. The number of aromatic nitrogens is 14. The standard InChI is InChI=1S/C20H22N3.C19H25N2.C18H16N3.2C12H12N3/c1-13-9-8-10-14-17(13)18-22(5)15-11-6-7-12-16(15)23(18)19(21-14)20(2,3)4;1-12-9-8-10-15-16(19(4,5)6)11-21-14(3)13(2)20(7)18(21)17(12)15;1-13-7-6-10-15-16(13)18-20(2)11-12-21(18)17(19-15)14-8-4-3-5-9-14;1-9-3-5-13-10-4-6-15-8-7-14(2)12(15)11(9)10;1-9-4-3-5-10-6-7-15-8-13-14(2)12(15)11(9)10/h6-12H,1-5H3;8-11H,1-7H3;3-12H,1-2H3;2*3-8H,1-2H3/q5*+1. The minimum absolute atomic E-state index is 0.0367. The molecule has 0 spiro atoms. The number of aryl methyl sites for hydroxylation is 11. The van der Waals surface area contributed by atoms with E-state index in [0.29, 0.717) is 0 Å². The second-order valence-corrected chi connectivity index (χ2v) is 27.6. The van der Waals surface area contributed by atoms with E-state index in [2.05, 4.69) is 327 Å². The molecule has 0 saturated carbocycles. The fraction of sp³-hybridized carbons (Fsp3) is 0.247. The summed E-state index contributed by atoms with van der Waals surface area (Å²) in [7, 11) is 10.4. The molecule has 0 saturated heterocycles. The average molecular weight is 1260 g/mol. The molecular weight excluding hydrogens is 1170 g/mol. The average Bonchev–Trinajstić information content (AvgIpc) is 1.62. The van der Waals surface area contributed by atoms with Gasteiger partial charge in [0.05, 0.1) is 91.1 Å². The highest BCUT2D eigenvalue weighted by Crippen LogP contribution is 2.35. The molecule has 0 aliphatic carbocycles. The van der Waals surface area contributed by atoms with Crippen LogP contribution in [0.5, 0.6) is 0 Å². The fourth-order valence-electron chi connectivity index (χ4n) is 14.0. The number of nitrogens with zero attached hydrogens (tertiary/aromatic N) is 14. The summed E-state index contributed by atoms with van der Waals surface area (Å²) in [5, 5.41) is 13.2. The highest BCUT2D eigenvalue weighted by molar-refractivity contribution is 5.99. The summed E-state index contributed by atoms with van der Waals surface area (Å²) in [6, 6.07) is 50.8. The Hall–Kier alpha value is -10.7. The number of imidazole rings is 4. The Bertz CT molecular complexity index is 5720. The van der Waals surface area contributed by atoms with E-state index in [0.717, 1.165) is 39.4 Å². The van der Waals surface area contributed by atoms with Crippen molar-refractivity contribution in [2.75, 3.05) is 0 Å². The molecule has 0 aliphatic rings. The molecule has 11 aromatic heterocycles. The number of rotatable bonds is 1. The minimum Gasteiger partial charge on any atom is -0.256 e. The molecule has 0 unspecified atom stereocenters. The van der Waals surface area contributed by atoms with Gasteiger partial charge in [0.15, 0.2) is 11.0 Å². The Labute approximate surface area is 555 Å². The number of benzene rings is 6. The summed E-state index contributed by atoms with van der Waals surface area (Å²) in [6.07, 6.45) is 18.4. The van der Waals surface area contributed by atoms with E-state index in [4.69, 9.17) is 9.97 Å². The van der Waals surface area contributed by atoms with Crippen molar-refractivity contribution < 1.29 is 22.7 Å². The lowest BCUT2D eigenvalue weighted by Crippen LogP contribution is -2.30. The van der Waals surface area contributed by atoms with Gasteiger partial charge in [0, 0.05) is 47.8 Å². The maximum atomic E-state index is 5.05. The van der Waals surface area contributed by atoms with Crippen molar-refractivity contribution in [2.24, 2.45) is 35.2 Å². The number of hydrogen-bond acceptors (Lipinski definition) is 4. The molecule has 476 valence electrons. The minimum atomic E-state index is -0.0367. The summed E-state index contributed by atoms with van der Waals surface area (Å²) < 4.78 is 21.8. The molecule has 0 aliphatic heterocycles. The number of para-hydroxylation sites is 2. The van der Waals surface area contributed by atoms with Crippen molar-refractivity contribution in [1.29, 1.82) is 0 Å². The summed E-state index contributed by atoms with van der Waals surface area (Å²) in [6.45, 7) is 28.7. The Kier molecular flexibility index (Phi) is 16.1. The van der Waals surface area contributed by atoms with Crippen molar-refractivity contribution in [3.63, 3.8) is 0 Å². The first kappa shape index (κ1) is 63.0. The molecule has 95 heavy (non-hydrogen) atoms. The molecule has 17 aromatic rings. The zero-order chi connectivity index (χ0) is 67.1. The third-order valence-electron chi connectivity index (χ3n) is 19.0. The van der Waals surface area contributed by atoms with Gasteiger partial charge in [-0.3, -0.25) is 4.98 Å². The predicted molar refractivity (Wildman–Crippen MR) is 385 cm³/mol. The number of fused-ring (bicyclic) bond motifs is 17. The van der Waals surface area contributed by atoms with E-state index >= 15 is 0 Å². The monoisotopic (exact) mass is 1260 g/mol. The van der Waals surface area contributed by atoms with E-state index in [-0.39, 0.29) is 10.8 Å². The van der Waals surface area contributed by atoms with Crippen molar-refractivity contribution in [3.8, 4) is 11.4 Å². The molecule has 0 atom stereocenters. The van der Waals surface area contributed by atoms with Crippen molar-refractivity contribution in [3.05, 3.63) is 252 Å². The van der Waals surface area contributed by atoms with Crippen LogP contribution in [0.15, 0.2) is 201 Å². The van der Waals surface area contributed by atoms with Gasteiger partial charge in [0.2, 0.25) is 11.6 Å². The lowest BCUT2D eigenvalue weighted by Gasteiger charge is -2.20. The van der Waals surface area contributed by atoms with E-state index in [1.54, 1.807) is 0 Å². The summed E-state index contributed by atoms with van der Waals surface area (Å²) in [5.41, 5.74) is 23.3. The van der Waals surface area contributed by atoms with Gasteiger partial charge in [-0.15, -0.1) is 4.68 Å².